The van der Waals surface area contributed by atoms with Crippen molar-refractivity contribution in [2.45, 2.75) is 37.4 Å². The highest BCUT2D eigenvalue weighted by Gasteiger charge is 2.50. The van der Waals surface area contributed by atoms with Crippen LogP contribution >= 0.6 is 11.6 Å². The third-order valence-corrected chi connectivity index (χ3v) is 9.34. The van der Waals surface area contributed by atoms with E-state index in [0.29, 0.717) is 59.0 Å². The van der Waals surface area contributed by atoms with Crippen LogP contribution in [0.15, 0.2) is 60.9 Å². The molecule has 10 heteroatoms. The van der Waals surface area contributed by atoms with E-state index < -0.39 is 17.6 Å². The molecule has 3 atom stereocenters. The summed E-state index contributed by atoms with van der Waals surface area (Å²) in [6.45, 7) is 5.51. The maximum Gasteiger partial charge on any atom is 0.319 e. The first kappa shape index (κ1) is 27.0. The minimum Gasteiger partial charge on any atom is -0.462 e. The van der Waals surface area contributed by atoms with E-state index in [4.69, 9.17) is 26.3 Å². The van der Waals surface area contributed by atoms with Crippen LogP contribution < -0.4 is 9.64 Å². The summed E-state index contributed by atoms with van der Waals surface area (Å²) in [5.74, 6) is -1.51. The molecule has 7 nitrogen and oxygen atoms in total. The van der Waals surface area contributed by atoms with Crippen LogP contribution in [0.1, 0.15) is 19.3 Å². The SMILES string of the molecule is C=C(F)C(=O)N1CCC2[C@H]1CN2c1nc(OC[C@@H]2CCCN2C)nc2cc(-c3cccc4cccc(Cl)c34)c(F)cc12. The van der Waals surface area contributed by atoms with E-state index >= 15 is 4.39 Å². The molecule has 3 saturated heterocycles. The minimum absolute atomic E-state index is 0.0696. The lowest BCUT2D eigenvalue weighted by Crippen LogP contribution is -2.63. The zero-order valence-electron chi connectivity index (χ0n) is 23.2. The number of halogens is 3. The zero-order chi connectivity index (χ0) is 29.1. The molecule has 1 amide bonds. The van der Waals surface area contributed by atoms with E-state index in [9.17, 15) is 9.18 Å². The number of fused-ring (bicyclic) bond motifs is 3. The van der Waals surface area contributed by atoms with Gasteiger partial charge in [0, 0.05) is 40.5 Å². The molecule has 1 aromatic heterocycles. The lowest BCUT2D eigenvalue weighted by atomic mass is 9.94. The lowest BCUT2D eigenvalue weighted by molar-refractivity contribution is -0.130. The lowest BCUT2D eigenvalue weighted by Gasteiger charge is -2.47. The van der Waals surface area contributed by atoms with Gasteiger partial charge in [0.2, 0.25) is 0 Å². The molecule has 3 aliphatic rings. The molecule has 3 aliphatic heterocycles. The summed E-state index contributed by atoms with van der Waals surface area (Å²) in [6, 6.07) is 14.8. The molecule has 216 valence electrons. The topological polar surface area (TPSA) is 61.8 Å². The second-order valence-electron chi connectivity index (χ2n) is 11.4. The standard InChI is InChI=1S/C32H30ClF2N5O2/c1-18(34)31(41)39-13-11-27-28(39)16-40(27)30-23-14-25(35)22(21-9-3-6-19-7-4-10-24(33)29(19)21)15-26(23)36-32(37-30)42-17-20-8-5-12-38(20)2/h3-4,6-7,9-10,14-15,20,27-28H,1,5,8,11-13,16-17H2,2H3/t20-,27?,28+/m0/s1. The number of anilines is 1. The number of rotatable bonds is 6. The fourth-order valence-electron chi connectivity index (χ4n) is 6.75. The molecule has 1 unspecified atom stereocenters. The first-order valence-electron chi connectivity index (χ1n) is 14.2. The van der Waals surface area contributed by atoms with Gasteiger partial charge in [0.15, 0.2) is 5.83 Å². The third kappa shape index (κ3) is 4.46. The molecule has 3 fully saturated rings. The highest BCUT2D eigenvalue weighted by molar-refractivity contribution is 6.36. The number of likely N-dealkylation sites (tertiary alicyclic amines) is 2. The van der Waals surface area contributed by atoms with E-state index in [-0.39, 0.29) is 24.1 Å². The van der Waals surface area contributed by atoms with Crippen LogP contribution in [0.4, 0.5) is 14.6 Å². The van der Waals surface area contributed by atoms with Crippen molar-refractivity contribution in [3.63, 3.8) is 0 Å². The van der Waals surface area contributed by atoms with Gasteiger partial charge in [-0.15, -0.1) is 0 Å². The summed E-state index contributed by atoms with van der Waals surface area (Å²) in [5.41, 5.74) is 1.60. The highest BCUT2D eigenvalue weighted by Crippen LogP contribution is 2.42. The number of likely N-dealkylation sites (N-methyl/N-ethyl adjacent to an activating group) is 1. The van der Waals surface area contributed by atoms with Gasteiger partial charge in [-0.05, 0) is 62.0 Å². The number of hydrogen-bond donors (Lipinski definition) is 0. The average Bonchev–Trinajstić information content (AvgIpc) is 3.53. The second-order valence-corrected chi connectivity index (χ2v) is 11.8. The van der Waals surface area contributed by atoms with Gasteiger partial charge in [-0.3, -0.25) is 4.79 Å². The van der Waals surface area contributed by atoms with E-state index in [2.05, 4.69) is 18.5 Å². The van der Waals surface area contributed by atoms with Gasteiger partial charge in [-0.25, -0.2) is 8.78 Å². The molecule has 7 rings (SSSR count). The molecule has 0 saturated carbocycles. The Labute approximate surface area is 247 Å². The normalized spacial score (nSPS) is 22.0. The van der Waals surface area contributed by atoms with Crippen molar-refractivity contribution in [1.82, 2.24) is 19.8 Å². The van der Waals surface area contributed by atoms with Crippen molar-refractivity contribution < 1.29 is 18.3 Å². The van der Waals surface area contributed by atoms with Crippen LogP contribution in [-0.2, 0) is 4.79 Å². The molecule has 0 aliphatic carbocycles. The Bertz CT molecular complexity index is 1740. The van der Waals surface area contributed by atoms with E-state index in [1.165, 1.54) is 11.0 Å². The largest absolute Gasteiger partial charge is 0.462 e. The van der Waals surface area contributed by atoms with Gasteiger partial charge in [-0.2, -0.15) is 9.97 Å². The molecular weight excluding hydrogens is 560 g/mol. The molecule has 4 heterocycles. The van der Waals surface area contributed by atoms with Gasteiger partial charge in [0.1, 0.15) is 18.2 Å². The smallest absolute Gasteiger partial charge is 0.319 e. The summed E-state index contributed by atoms with van der Waals surface area (Å²) in [5, 5.41) is 2.77. The number of carbonyl (C=O) groups is 1. The number of benzene rings is 3. The predicted octanol–water partition coefficient (Wildman–Crippen LogP) is 5.99. The molecular formula is C32H30ClF2N5O2. The van der Waals surface area contributed by atoms with Crippen LogP contribution in [0.25, 0.3) is 32.8 Å². The summed E-state index contributed by atoms with van der Waals surface area (Å²) in [4.78, 5) is 27.7. The number of amides is 1. The molecule has 42 heavy (non-hydrogen) atoms. The van der Waals surface area contributed by atoms with E-state index in [0.717, 1.165) is 30.2 Å². The molecule has 0 bridgehead atoms. The van der Waals surface area contributed by atoms with Crippen LogP contribution in [-0.4, -0.2) is 77.1 Å². The molecule has 0 N–H and O–H groups in total. The molecule has 0 spiro atoms. The van der Waals surface area contributed by atoms with Gasteiger partial charge in [0.05, 0.1) is 17.6 Å². The summed E-state index contributed by atoms with van der Waals surface area (Å²) in [6.07, 6.45) is 2.79. The van der Waals surface area contributed by atoms with Crippen LogP contribution in [0, 0.1) is 5.82 Å². The van der Waals surface area contributed by atoms with Crippen molar-refractivity contribution in [2.24, 2.45) is 0 Å². The fraction of sp³-hybridized carbons (Fsp3) is 0.344. The van der Waals surface area contributed by atoms with Gasteiger partial charge >= 0.3 is 6.01 Å². The van der Waals surface area contributed by atoms with Gasteiger partial charge in [-0.1, -0.05) is 48.5 Å². The number of ether oxygens (including phenoxy) is 1. The third-order valence-electron chi connectivity index (χ3n) is 9.02. The number of hydrogen-bond acceptors (Lipinski definition) is 6. The van der Waals surface area contributed by atoms with Crippen molar-refractivity contribution in [1.29, 1.82) is 0 Å². The fourth-order valence-corrected chi connectivity index (χ4v) is 7.04. The summed E-state index contributed by atoms with van der Waals surface area (Å²) in [7, 11) is 2.08. The minimum atomic E-state index is -0.961. The van der Waals surface area contributed by atoms with Crippen LogP contribution in [0.2, 0.25) is 5.02 Å². The summed E-state index contributed by atoms with van der Waals surface area (Å²) < 4.78 is 35.8. The van der Waals surface area contributed by atoms with E-state index in [1.807, 2.05) is 35.2 Å². The zero-order valence-corrected chi connectivity index (χ0v) is 24.0. The van der Waals surface area contributed by atoms with Crippen molar-refractivity contribution in [2.75, 3.05) is 38.2 Å². The number of carbonyl (C=O) groups excluding carboxylic acids is 1. The van der Waals surface area contributed by atoms with Crippen LogP contribution in [0.5, 0.6) is 6.01 Å². The monoisotopic (exact) mass is 589 g/mol. The molecule has 0 radical (unpaired) electrons. The molecule has 4 aromatic rings. The maximum absolute atomic E-state index is 16.0. The summed E-state index contributed by atoms with van der Waals surface area (Å²) >= 11 is 6.59. The Kier molecular flexibility index (Phi) is 6.74. The first-order valence-corrected chi connectivity index (χ1v) is 14.6. The Balaban J connectivity index is 1.31. The van der Waals surface area contributed by atoms with Crippen molar-refractivity contribution in [3.8, 4) is 17.1 Å². The first-order chi connectivity index (χ1) is 20.3. The Morgan fingerprint density at radius 3 is 2.67 bits per heavy atom. The Morgan fingerprint density at radius 1 is 1.10 bits per heavy atom. The number of nitrogens with zero attached hydrogens (tertiary/aromatic N) is 5. The maximum atomic E-state index is 16.0. The van der Waals surface area contributed by atoms with Crippen LogP contribution in [0.3, 0.4) is 0 Å². The quantitative estimate of drug-likeness (QED) is 0.258. The number of aromatic nitrogens is 2. The van der Waals surface area contributed by atoms with Crippen molar-refractivity contribution >= 4 is 45.0 Å². The van der Waals surface area contributed by atoms with Gasteiger partial charge < -0.3 is 19.4 Å². The van der Waals surface area contributed by atoms with E-state index in [1.54, 1.807) is 12.1 Å². The second kappa shape index (κ2) is 10.5. The predicted molar refractivity (Wildman–Crippen MR) is 160 cm³/mol. The van der Waals surface area contributed by atoms with Crippen molar-refractivity contribution in [3.05, 3.63) is 71.8 Å². The highest BCUT2D eigenvalue weighted by atomic mass is 35.5. The Morgan fingerprint density at radius 2 is 1.90 bits per heavy atom. The van der Waals surface area contributed by atoms with Gasteiger partial charge in [0.25, 0.3) is 5.91 Å². The average molecular weight is 590 g/mol. The Hall–Kier alpha value is -3.82. The molecule has 3 aromatic carbocycles.